The summed E-state index contributed by atoms with van der Waals surface area (Å²) in [5, 5.41) is 9.97. The number of hydrogen-bond donors (Lipinski definition) is 1. The van der Waals surface area contributed by atoms with Gasteiger partial charge in [-0.25, -0.2) is 0 Å². The summed E-state index contributed by atoms with van der Waals surface area (Å²) in [6.07, 6.45) is 0. The van der Waals surface area contributed by atoms with Crippen molar-refractivity contribution in [2.24, 2.45) is 0 Å². The number of nitrogens with zero attached hydrogens (tertiary/aromatic N) is 1. The van der Waals surface area contributed by atoms with Gasteiger partial charge in [0, 0.05) is 20.9 Å². The average Bonchev–Trinajstić information content (AvgIpc) is 2.55. The zero-order valence-corrected chi connectivity index (χ0v) is 12.0. The van der Waals surface area contributed by atoms with Crippen LogP contribution < -0.4 is 0 Å². The Morgan fingerprint density at radius 2 is 2.00 bits per heavy atom. The van der Waals surface area contributed by atoms with Gasteiger partial charge in [-0.05, 0) is 59.6 Å². The Bertz CT molecular complexity index is 563. The fourth-order valence-electron chi connectivity index (χ4n) is 2.02. The summed E-state index contributed by atoms with van der Waals surface area (Å²) >= 11 is 9.45. The standard InChI is InChI=1S/C13H13BrClNO/c1-8-5-10(7-17)9(2)16(8)13-4-3-11(15)6-12(13)14/h3-6,17H,7H2,1-2H3. The maximum atomic E-state index is 9.27. The molecule has 1 heterocycles. The van der Waals surface area contributed by atoms with Gasteiger partial charge in [0.05, 0.1) is 12.3 Å². The van der Waals surface area contributed by atoms with E-state index in [1.807, 2.05) is 38.1 Å². The van der Waals surface area contributed by atoms with Crippen LogP contribution in [-0.4, -0.2) is 9.67 Å². The van der Waals surface area contributed by atoms with Gasteiger partial charge in [0.25, 0.3) is 0 Å². The van der Waals surface area contributed by atoms with Gasteiger partial charge >= 0.3 is 0 Å². The molecular formula is C13H13BrClNO. The van der Waals surface area contributed by atoms with Crippen LogP contribution in [0.5, 0.6) is 0 Å². The lowest BCUT2D eigenvalue weighted by atomic mass is 10.2. The average molecular weight is 315 g/mol. The van der Waals surface area contributed by atoms with Crippen LogP contribution in [0.25, 0.3) is 5.69 Å². The van der Waals surface area contributed by atoms with E-state index >= 15 is 0 Å². The molecule has 1 N–H and O–H groups in total. The Labute approximate surface area is 114 Å². The molecule has 0 aliphatic heterocycles. The predicted molar refractivity (Wildman–Crippen MR) is 73.9 cm³/mol. The van der Waals surface area contributed by atoms with Crippen molar-refractivity contribution in [3.63, 3.8) is 0 Å². The van der Waals surface area contributed by atoms with E-state index in [1.165, 1.54) is 0 Å². The van der Waals surface area contributed by atoms with Crippen LogP contribution in [0, 0.1) is 13.8 Å². The van der Waals surface area contributed by atoms with Crippen LogP contribution in [0.2, 0.25) is 5.02 Å². The first-order valence-corrected chi connectivity index (χ1v) is 6.45. The first-order valence-electron chi connectivity index (χ1n) is 5.28. The van der Waals surface area contributed by atoms with Crippen molar-refractivity contribution < 1.29 is 5.11 Å². The van der Waals surface area contributed by atoms with Crippen LogP contribution in [-0.2, 0) is 6.61 Å². The number of aliphatic hydroxyl groups is 1. The fraction of sp³-hybridized carbons (Fsp3) is 0.231. The second-order valence-corrected chi connectivity index (χ2v) is 5.28. The van der Waals surface area contributed by atoms with Gasteiger partial charge in [-0.2, -0.15) is 0 Å². The monoisotopic (exact) mass is 313 g/mol. The number of benzene rings is 1. The van der Waals surface area contributed by atoms with Gasteiger partial charge in [-0.1, -0.05) is 11.6 Å². The van der Waals surface area contributed by atoms with Crippen molar-refractivity contribution in [2.45, 2.75) is 20.5 Å². The molecule has 0 amide bonds. The molecule has 0 saturated heterocycles. The molecule has 17 heavy (non-hydrogen) atoms. The summed E-state index contributed by atoms with van der Waals surface area (Å²) in [5.74, 6) is 0. The first kappa shape index (κ1) is 12.7. The Balaban J connectivity index is 2.64. The molecule has 0 unspecified atom stereocenters. The van der Waals surface area contributed by atoms with E-state index in [0.717, 1.165) is 27.1 Å². The first-order chi connectivity index (χ1) is 8.04. The molecule has 0 radical (unpaired) electrons. The molecule has 2 nitrogen and oxygen atoms in total. The normalized spacial score (nSPS) is 10.9. The molecule has 0 aliphatic rings. The molecule has 0 bridgehead atoms. The highest BCUT2D eigenvalue weighted by atomic mass is 79.9. The maximum absolute atomic E-state index is 9.27. The summed E-state index contributed by atoms with van der Waals surface area (Å²) in [5.41, 5.74) is 4.12. The van der Waals surface area contributed by atoms with E-state index in [9.17, 15) is 5.11 Å². The second-order valence-electron chi connectivity index (χ2n) is 3.99. The highest BCUT2D eigenvalue weighted by Gasteiger charge is 2.12. The third-order valence-corrected chi connectivity index (χ3v) is 3.73. The Morgan fingerprint density at radius 3 is 2.53 bits per heavy atom. The van der Waals surface area contributed by atoms with Crippen LogP contribution in [0.4, 0.5) is 0 Å². The zero-order chi connectivity index (χ0) is 12.6. The Morgan fingerprint density at radius 1 is 1.29 bits per heavy atom. The highest BCUT2D eigenvalue weighted by Crippen LogP contribution is 2.29. The van der Waals surface area contributed by atoms with E-state index < -0.39 is 0 Å². The summed E-state index contributed by atoms with van der Waals surface area (Å²) in [4.78, 5) is 0. The maximum Gasteiger partial charge on any atom is 0.0699 e. The van der Waals surface area contributed by atoms with Crippen molar-refractivity contribution in [1.82, 2.24) is 4.57 Å². The topological polar surface area (TPSA) is 25.2 Å². The molecule has 0 aliphatic carbocycles. The lowest BCUT2D eigenvalue weighted by molar-refractivity contribution is 0.281. The van der Waals surface area contributed by atoms with E-state index in [-0.39, 0.29) is 6.61 Å². The molecule has 0 fully saturated rings. The third-order valence-electron chi connectivity index (χ3n) is 2.86. The van der Waals surface area contributed by atoms with Crippen molar-refractivity contribution in [3.05, 3.63) is 50.7 Å². The largest absolute Gasteiger partial charge is 0.392 e. The van der Waals surface area contributed by atoms with Crippen molar-refractivity contribution in [2.75, 3.05) is 0 Å². The van der Waals surface area contributed by atoms with Gasteiger partial charge in [0.1, 0.15) is 0 Å². The molecule has 1 aromatic heterocycles. The number of rotatable bonds is 2. The van der Waals surface area contributed by atoms with Crippen LogP contribution in [0.15, 0.2) is 28.7 Å². The van der Waals surface area contributed by atoms with Gasteiger partial charge < -0.3 is 9.67 Å². The second kappa shape index (κ2) is 4.84. The number of aryl methyl sites for hydroxylation is 1. The molecule has 0 spiro atoms. The van der Waals surface area contributed by atoms with Crippen LogP contribution in [0.3, 0.4) is 0 Å². The van der Waals surface area contributed by atoms with Gasteiger partial charge in [-0.3, -0.25) is 0 Å². The summed E-state index contributed by atoms with van der Waals surface area (Å²) in [6, 6.07) is 7.69. The lowest BCUT2D eigenvalue weighted by Gasteiger charge is -2.12. The molecule has 1 aromatic carbocycles. The van der Waals surface area contributed by atoms with E-state index in [4.69, 9.17) is 11.6 Å². The minimum Gasteiger partial charge on any atom is -0.392 e. The Hall–Kier alpha value is -0.770. The molecule has 2 rings (SSSR count). The minimum absolute atomic E-state index is 0.0604. The smallest absolute Gasteiger partial charge is 0.0699 e. The van der Waals surface area contributed by atoms with Crippen LogP contribution in [0.1, 0.15) is 17.0 Å². The molecular weight excluding hydrogens is 302 g/mol. The number of aromatic nitrogens is 1. The lowest BCUT2D eigenvalue weighted by Crippen LogP contribution is -2.00. The minimum atomic E-state index is 0.0604. The van der Waals surface area contributed by atoms with Gasteiger partial charge in [0.2, 0.25) is 0 Å². The predicted octanol–water partition coefficient (Wildman–Crippen LogP) is 4.00. The molecule has 0 saturated carbocycles. The molecule has 90 valence electrons. The number of halogens is 2. The molecule has 4 heteroatoms. The summed E-state index contributed by atoms with van der Waals surface area (Å²) in [6.45, 7) is 4.08. The van der Waals surface area contributed by atoms with E-state index in [2.05, 4.69) is 20.5 Å². The summed E-state index contributed by atoms with van der Waals surface area (Å²) < 4.78 is 3.04. The van der Waals surface area contributed by atoms with E-state index in [1.54, 1.807) is 0 Å². The molecule has 2 aromatic rings. The fourth-order valence-corrected chi connectivity index (χ4v) is 2.88. The van der Waals surface area contributed by atoms with Crippen molar-refractivity contribution >= 4 is 27.5 Å². The zero-order valence-electron chi connectivity index (χ0n) is 9.67. The Kier molecular flexibility index (Phi) is 3.61. The third kappa shape index (κ3) is 2.28. The quantitative estimate of drug-likeness (QED) is 0.890. The van der Waals surface area contributed by atoms with Crippen molar-refractivity contribution in [3.8, 4) is 5.69 Å². The summed E-state index contributed by atoms with van der Waals surface area (Å²) in [7, 11) is 0. The van der Waals surface area contributed by atoms with E-state index in [0.29, 0.717) is 5.02 Å². The highest BCUT2D eigenvalue weighted by molar-refractivity contribution is 9.10. The number of aliphatic hydroxyl groups excluding tert-OH is 1. The van der Waals surface area contributed by atoms with Gasteiger partial charge in [0.15, 0.2) is 0 Å². The van der Waals surface area contributed by atoms with Crippen LogP contribution >= 0.6 is 27.5 Å². The molecule has 0 atom stereocenters. The van der Waals surface area contributed by atoms with Gasteiger partial charge in [-0.15, -0.1) is 0 Å². The van der Waals surface area contributed by atoms with Crippen molar-refractivity contribution in [1.29, 1.82) is 0 Å². The number of hydrogen-bond acceptors (Lipinski definition) is 1. The SMILES string of the molecule is Cc1cc(CO)c(C)n1-c1ccc(Cl)cc1Br.